The van der Waals surface area contributed by atoms with Gasteiger partial charge in [-0.1, -0.05) is 36.4 Å². The molecule has 1 aliphatic rings. The van der Waals surface area contributed by atoms with Gasteiger partial charge in [0.2, 0.25) is 0 Å². The molecule has 2 aromatic carbocycles. The zero-order chi connectivity index (χ0) is 14.1. The molecule has 0 aromatic heterocycles. The second-order valence-corrected chi connectivity index (χ2v) is 5.08. The molecule has 3 rings (SSSR count). The van der Waals surface area contributed by atoms with Gasteiger partial charge in [0, 0.05) is 6.42 Å². The van der Waals surface area contributed by atoms with Crippen LogP contribution in [0.3, 0.4) is 0 Å². The van der Waals surface area contributed by atoms with Crippen LogP contribution in [0.15, 0.2) is 54.1 Å². The molecule has 0 amide bonds. The maximum Gasteiger partial charge on any atom is 0.159 e. The summed E-state index contributed by atoms with van der Waals surface area (Å²) in [6, 6.07) is 14.5. The molecular weight excluding hydrogens is 251 g/mol. The van der Waals surface area contributed by atoms with Crippen molar-refractivity contribution in [2.75, 3.05) is 0 Å². The summed E-state index contributed by atoms with van der Waals surface area (Å²) < 4.78 is 13.1. The number of halogens is 1. The van der Waals surface area contributed by atoms with E-state index in [1.807, 2.05) is 31.2 Å². The number of carbonyl (C=O) groups excluding carboxylic acids is 1. The van der Waals surface area contributed by atoms with E-state index in [0.717, 1.165) is 34.3 Å². The number of benzene rings is 2. The third-order valence-corrected chi connectivity index (χ3v) is 3.88. The predicted octanol–water partition coefficient (Wildman–Crippen LogP) is 4.63. The second kappa shape index (κ2) is 5.04. The van der Waals surface area contributed by atoms with Gasteiger partial charge in [0.15, 0.2) is 5.78 Å². The van der Waals surface area contributed by atoms with E-state index in [2.05, 4.69) is 0 Å². The van der Waals surface area contributed by atoms with Crippen molar-refractivity contribution >= 4 is 11.4 Å². The molecule has 2 aromatic rings. The predicted molar refractivity (Wildman–Crippen MR) is 78.7 cm³/mol. The van der Waals surface area contributed by atoms with Crippen LogP contribution < -0.4 is 0 Å². The molecule has 0 atom stereocenters. The largest absolute Gasteiger partial charge is 0.295 e. The van der Waals surface area contributed by atoms with Gasteiger partial charge in [0.1, 0.15) is 5.82 Å². The van der Waals surface area contributed by atoms with Crippen molar-refractivity contribution in [3.8, 4) is 11.1 Å². The van der Waals surface area contributed by atoms with Crippen LogP contribution in [0.1, 0.15) is 25.3 Å². The first-order chi connectivity index (χ1) is 9.66. The van der Waals surface area contributed by atoms with E-state index in [9.17, 15) is 9.18 Å². The molecule has 2 heteroatoms. The molecule has 0 heterocycles. The Bertz CT molecular complexity index is 696. The Kier molecular flexibility index (Phi) is 3.23. The lowest BCUT2D eigenvalue weighted by Crippen LogP contribution is -1.92. The van der Waals surface area contributed by atoms with E-state index in [-0.39, 0.29) is 11.6 Å². The van der Waals surface area contributed by atoms with Gasteiger partial charge in [-0.05, 0) is 53.3 Å². The average molecular weight is 266 g/mol. The SMILES string of the molecule is CC1=C(c2ccccc2-c2ccc(F)cc2)CCC1=O. The van der Waals surface area contributed by atoms with E-state index >= 15 is 0 Å². The monoisotopic (exact) mass is 266 g/mol. The van der Waals surface area contributed by atoms with Crippen molar-refractivity contribution in [1.29, 1.82) is 0 Å². The minimum atomic E-state index is -0.238. The number of carbonyl (C=O) groups is 1. The Hall–Kier alpha value is -2.22. The van der Waals surface area contributed by atoms with Gasteiger partial charge in [-0.15, -0.1) is 0 Å². The van der Waals surface area contributed by atoms with Gasteiger partial charge < -0.3 is 0 Å². The van der Waals surface area contributed by atoms with E-state index in [4.69, 9.17) is 0 Å². The van der Waals surface area contributed by atoms with Crippen LogP contribution in [0.25, 0.3) is 16.7 Å². The van der Waals surface area contributed by atoms with Crippen molar-refractivity contribution in [3.63, 3.8) is 0 Å². The fourth-order valence-electron chi connectivity index (χ4n) is 2.75. The van der Waals surface area contributed by atoms with E-state index in [1.54, 1.807) is 12.1 Å². The van der Waals surface area contributed by atoms with Crippen LogP contribution in [-0.4, -0.2) is 5.78 Å². The normalized spacial score (nSPS) is 15.0. The first-order valence-corrected chi connectivity index (χ1v) is 6.75. The van der Waals surface area contributed by atoms with E-state index in [1.165, 1.54) is 12.1 Å². The molecule has 0 N–H and O–H groups in total. The molecule has 0 fully saturated rings. The first-order valence-electron chi connectivity index (χ1n) is 6.75. The highest BCUT2D eigenvalue weighted by molar-refractivity contribution is 6.07. The summed E-state index contributed by atoms with van der Waals surface area (Å²) in [4.78, 5) is 11.7. The van der Waals surface area contributed by atoms with Gasteiger partial charge in [0.05, 0.1) is 0 Å². The van der Waals surface area contributed by atoms with Gasteiger partial charge in [-0.25, -0.2) is 4.39 Å². The lowest BCUT2D eigenvalue weighted by Gasteiger charge is -2.11. The third kappa shape index (κ3) is 2.18. The Balaban J connectivity index is 2.14. The number of Topliss-reactive ketones (excluding diaryl/α,β-unsaturated/α-hetero) is 1. The summed E-state index contributed by atoms with van der Waals surface area (Å²) in [6.45, 7) is 1.89. The zero-order valence-electron chi connectivity index (χ0n) is 11.3. The number of hydrogen-bond acceptors (Lipinski definition) is 1. The molecule has 0 saturated heterocycles. The van der Waals surface area contributed by atoms with Crippen molar-refractivity contribution in [1.82, 2.24) is 0 Å². The van der Waals surface area contributed by atoms with Crippen molar-refractivity contribution in [3.05, 3.63) is 65.5 Å². The molecule has 0 bridgehead atoms. The summed E-state index contributed by atoms with van der Waals surface area (Å²) in [7, 11) is 0. The molecule has 100 valence electrons. The van der Waals surface area contributed by atoms with E-state index in [0.29, 0.717) is 6.42 Å². The maximum absolute atomic E-state index is 13.1. The Morgan fingerprint density at radius 1 is 0.900 bits per heavy atom. The topological polar surface area (TPSA) is 17.1 Å². The molecular formula is C18H15FO. The van der Waals surface area contributed by atoms with Crippen molar-refractivity contribution in [2.24, 2.45) is 0 Å². The zero-order valence-corrected chi connectivity index (χ0v) is 11.3. The van der Waals surface area contributed by atoms with Crippen LogP contribution >= 0.6 is 0 Å². The van der Waals surface area contributed by atoms with Crippen LogP contribution in [-0.2, 0) is 4.79 Å². The second-order valence-electron chi connectivity index (χ2n) is 5.08. The number of hydrogen-bond donors (Lipinski definition) is 0. The lowest BCUT2D eigenvalue weighted by molar-refractivity contribution is -0.114. The van der Waals surface area contributed by atoms with Crippen LogP contribution in [0, 0.1) is 5.82 Å². The molecule has 20 heavy (non-hydrogen) atoms. The maximum atomic E-state index is 13.1. The quantitative estimate of drug-likeness (QED) is 0.774. The summed E-state index contributed by atoms with van der Waals surface area (Å²) in [5.74, 6) is -0.00780. The van der Waals surface area contributed by atoms with Crippen molar-refractivity contribution in [2.45, 2.75) is 19.8 Å². The molecule has 0 aliphatic heterocycles. The van der Waals surface area contributed by atoms with Crippen LogP contribution in [0.2, 0.25) is 0 Å². The lowest BCUT2D eigenvalue weighted by atomic mass is 9.93. The number of rotatable bonds is 2. The summed E-state index contributed by atoms with van der Waals surface area (Å²) >= 11 is 0. The highest BCUT2D eigenvalue weighted by Crippen LogP contribution is 2.37. The van der Waals surface area contributed by atoms with Crippen LogP contribution in [0.4, 0.5) is 4.39 Å². The number of ketones is 1. The third-order valence-electron chi connectivity index (χ3n) is 3.88. The number of allylic oxidation sites excluding steroid dienone is 2. The minimum Gasteiger partial charge on any atom is -0.295 e. The summed E-state index contributed by atoms with van der Waals surface area (Å²) in [5.41, 5.74) is 5.09. The van der Waals surface area contributed by atoms with Gasteiger partial charge >= 0.3 is 0 Å². The van der Waals surface area contributed by atoms with Crippen molar-refractivity contribution < 1.29 is 9.18 Å². The highest BCUT2D eigenvalue weighted by atomic mass is 19.1. The fourth-order valence-corrected chi connectivity index (χ4v) is 2.75. The standard InChI is InChI=1S/C18H15FO/c1-12-15(10-11-18(12)20)17-5-3-2-4-16(17)13-6-8-14(19)9-7-13/h2-9H,10-11H2,1H3. The molecule has 1 aliphatic carbocycles. The highest BCUT2D eigenvalue weighted by Gasteiger charge is 2.22. The van der Waals surface area contributed by atoms with Crippen LogP contribution in [0.5, 0.6) is 0 Å². The fraction of sp³-hybridized carbons (Fsp3) is 0.167. The Labute approximate surface area is 117 Å². The Morgan fingerprint density at radius 3 is 2.15 bits per heavy atom. The summed E-state index contributed by atoms with van der Waals surface area (Å²) in [5, 5.41) is 0. The molecule has 0 spiro atoms. The average Bonchev–Trinajstić information content (AvgIpc) is 2.80. The molecule has 0 unspecified atom stereocenters. The van der Waals surface area contributed by atoms with Gasteiger partial charge in [-0.3, -0.25) is 4.79 Å². The Morgan fingerprint density at radius 2 is 1.55 bits per heavy atom. The van der Waals surface area contributed by atoms with Gasteiger partial charge in [-0.2, -0.15) is 0 Å². The smallest absolute Gasteiger partial charge is 0.159 e. The van der Waals surface area contributed by atoms with E-state index < -0.39 is 0 Å². The first kappa shape index (κ1) is 12.8. The molecule has 0 saturated carbocycles. The minimum absolute atomic E-state index is 0.230. The van der Waals surface area contributed by atoms with Gasteiger partial charge in [0.25, 0.3) is 0 Å². The molecule has 1 nitrogen and oxygen atoms in total. The summed E-state index contributed by atoms with van der Waals surface area (Å²) in [6.07, 6.45) is 1.39. The molecule has 0 radical (unpaired) electrons.